The van der Waals surface area contributed by atoms with E-state index >= 15 is 0 Å². The van der Waals surface area contributed by atoms with Crippen LogP contribution in [0.15, 0.2) is 41.0 Å². The van der Waals surface area contributed by atoms with Crippen molar-refractivity contribution in [2.45, 2.75) is 6.10 Å². The summed E-state index contributed by atoms with van der Waals surface area (Å²) in [6, 6.07) is 7.77. The first-order chi connectivity index (χ1) is 19.9. The van der Waals surface area contributed by atoms with E-state index in [4.69, 9.17) is 19.6 Å². The lowest BCUT2D eigenvalue weighted by Gasteiger charge is -2.37. The van der Waals surface area contributed by atoms with Crippen molar-refractivity contribution in [2.75, 3.05) is 88.2 Å². The Morgan fingerprint density at radius 2 is 2.00 bits per heavy atom. The zero-order valence-electron chi connectivity index (χ0n) is 22.8. The number of likely N-dealkylation sites (N-methyl/N-ethyl adjacent to an activating group) is 1. The maximum atomic E-state index is 14.7. The molecular weight excluding hydrogens is 536 g/mol. The van der Waals surface area contributed by atoms with E-state index in [0.29, 0.717) is 61.5 Å². The summed E-state index contributed by atoms with van der Waals surface area (Å²) in [6.07, 6.45) is 1.42. The molecule has 0 radical (unpaired) electrons. The van der Waals surface area contributed by atoms with Gasteiger partial charge < -0.3 is 34.7 Å². The number of nitrogen functional groups attached to an aromatic ring is 1. The summed E-state index contributed by atoms with van der Waals surface area (Å²) in [5.74, 6) is 0.0700. The van der Waals surface area contributed by atoms with Gasteiger partial charge in [-0.25, -0.2) is 8.78 Å². The number of benzene rings is 1. The molecule has 0 aliphatic carbocycles. The van der Waals surface area contributed by atoms with E-state index in [-0.39, 0.29) is 24.4 Å². The third-order valence-corrected chi connectivity index (χ3v) is 7.35. The highest BCUT2D eigenvalue weighted by atomic mass is 19.1. The predicted molar refractivity (Wildman–Crippen MR) is 149 cm³/mol. The van der Waals surface area contributed by atoms with Gasteiger partial charge in [-0.2, -0.15) is 19.6 Å². The third kappa shape index (κ3) is 6.04. The van der Waals surface area contributed by atoms with Crippen LogP contribution in [0.1, 0.15) is 0 Å². The van der Waals surface area contributed by atoms with E-state index in [1.165, 1.54) is 10.6 Å². The first-order valence-corrected chi connectivity index (χ1v) is 13.6. The first kappa shape index (κ1) is 27.2. The second-order valence-corrected chi connectivity index (χ2v) is 10.2. The Morgan fingerprint density at radius 3 is 2.76 bits per heavy atom. The Bertz CT molecular complexity index is 1470. The van der Waals surface area contributed by atoms with Crippen LogP contribution in [0.4, 0.5) is 26.4 Å². The van der Waals surface area contributed by atoms with Gasteiger partial charge in [0.15, 0.2) is 23.0 Å². The van der Waals surface area contributed by atoms with Gasteiger partial charge >= 0.3 is 0 Å². The van der Waals surface area contributed by atoms with Gasteiger partial charge in [0.05, 0.1) is 18.6 Å². The van der Waals surface area contributed by atoms with E-state index in [1.807, 2.05) is 22.9 Å². The Kier molecular flexibility index (Phi) is 7.85. The Morgan fingerprint density at radius 1 is 1.15 bits per heavy atom. The Hall–Kier alpha value is -4.01. The molecule has 2 aliphatic heterocycles. The highest BCUT2D eigenvalue weighted by molar-refractivity contribution is 5.61. The van der Waals surface area contributed by atoms with Crippen LogP contribution in [0, 0.1) is 11.6 Å². The zero-order valence-corrected chi connectivity index (χ0v) is 22.8. The molecule has 3 aromatic heterocycles. The number of nitrogens with one attached hydrogen (secondary N) is 1. The lowest BCUT2D eigenvalue weighted by Crippen LogP contribution is -2.48. The topological polar surface area (TPSA) is 122 Å². The van der Waals surface area contributed by atoms with Gasteiger partial charge in [0.25, 0.3) is 0 Å². The summed E-state index contributed by atoms with van der Waals surface area (Å²) >= 11 is 0. The van der Waals surface area contributed by atoms with Gasteiger partial charge in [0.1, 0.15) is 24.2 Å². The maximum Gasteiger partial charge on any atom is 0.230 e. The number of halogens is 2. The fourth-order valence-electron chi connectivity index (χ4n) is 5.00. The molecule has 14 heteroatoms. The molecule has 1 atom stereocenters. The monoisotopic (exact) mass is 569 g/mol. The summed E-state index contributed by atoms with van der Waals surface area (Å²) in [5, 5.41) is 7.64. The van der Waals surface area contributed by atoms with Crippen LogP contribution in [-0.2, 0) is 4.74 Å². The van der Waals surface area contributed by atoms with Crippen LogP contribution in [-0.4, -0.2) is 103 Å². The highest BCUT2D eigenvalue weighted by Crippen LogP contribution is 2.29. The number of nitrogens with two attached hydrogens (primary N) is 1. The molecule has 2 saturated heterocycles. The van der Waals surface area contributed by atoms with Gasteiger partial charge in [0, 0.05) is 77.6 Å². The molecule has 5 heterocycles. The molecule has 0 saturated carbocycles. The number of morpholine rings is 1. The second-order valence-electron chi connectivity index (χ2n) is 10.2. The normalized spacial score (nSPS) is 18.2. The smallest absolute Gasteiger partial charge is 0.230 e. The number of furan rings is 1. The van der Waals surface area contributed by atoms with Crippen LogP contribution in [0.5, 0.6) is 5.75 Å². The van der Waals surface area contributed by atoms with Crippen LogP contribution in [0.3, 0.4) is 0 Å². The molecule has 41 heavy (non-hydrogen) atoms. The average Bonchev–Trinajstić information content (AvgIpc) is 3.67. The number of nitrogens with zero attached hydrogens (tertiary/aromatic N) is 7. The number of hydrogen-bond acceptors (Lipinski definition) is 11. The van der Waals surface area contributed by atoms with Crippen molar-refractivity contribution in [3.05, 3.63) is 48.2 Å². The summed E-state index contributed by atoms with van der Waals surface area (Å²) < 4.78 is 47.4. The van der Waals surface area contributed by atoms with Gasteiger partial charge in [0.2, 0.25) is 11.9 Å². The molecule has 0 spiro atoms. The number of rotatable bonds is 9. The number of piperazine rings is 1. The summed E-state index contributed by atoms with van der Waals surface area (Å²) in [4.78, 5) is 15.2. The van der Waals surface area contributed by atoms with Crippen molar-refractivity contribution in [1.29, 1.82) is 0 Å². The molecule has 1 unspecified atom stereocenters. The minimum atomic E-state index is -0.717. The molecule has 2 fully saturated rings. The largest absolute Gasteiger partial charge is 0.488 e. The number of fused-ring (bicyclic) bond motifs is 1. The van der Waals surface area contributed by atoms with E-state index in [2.05, 4.69) is 25.3 Å². The molecule has 12 nitrogen and oxygen atoms in total. The van der Waals surface area contributed by atoms with E-state index in [9.17, 15) is 8.78 Å². The minimum Gasteiger partial charge on any atom is -0.488 e. The van der Waals surface area contributed by atoms with Gasteiger partial charge in [-0.05, 0) is 12.1 Å². The van der Waals surface area contributed by atoms with E-state index in [1.54, 1.807) is 18.4 Å². The minimum absolute atomic E-state index is 0.0327. The number of anilines is 3. The molecule has 2 aliphatic rings. The standard InChI is InChI=1S/C27H33F2N9O3/c1-35(27-32-25-14-21(23-3-2-11-40-23)34-38(25)26(30)33-27)5-6-36-7-9-37(10-8-36)22-15-24(20(29)13-19(22)28)41-17-18-16-31-4-12-39-18/h2-3,11,13-15,18,31H,4-10,12,16-17H2,1H3,(H2,30,32,33). The molecule has 0 bridgehead atoms. The van der Waals surface area contributed by atoms with Crippen molar-refractivity contribution >= 4 is 23.2 Å². The summed E-state index contributed by atoms with van der Waals surface area (Å²) in [7, 11) is 1.91. The fourth-order valence-corrected chi connectivity index (χ4v) is 5.00. The summed E-state index contributed by atoms with van der Waals surface area (Å²) in [5.41, 5.74) is 7.71. The number of hydrogen-bond donors (Lipinski definition) is 2. The Labute approximate surface area is 235 Å². The molecule has 3 N–H and O–H groups in total. The molecule has 6 rings (SSSR count). The van der Waals surface area contributed by atoms with Gasteiger partial charge in [-0.15, -0.1) is 0 Å². The van der Waals surface area contributed by atoms with Crippen LogP contribution in [0.2, 0.25) is 0 Å². The van der Waals surface area contributed by atoms with Crippen LogP contribution < -0.4 is 25.6 Å². The first-order valence-electron chi connectivity index (χ1n) is 13.6. The van der Waals surface area contributed by atoms with E-state index < -0.39 is 11.6 Å². The molecule has 218 valence electrons. The van der Waals surface area contributed by atoms with Crippen molar-refractivity contribution in [3.8, 4) is 17.2 Å². The third-order valence-electron chi connectivity index (χ3n) is 7.35. The quantitative estimate of drug-likeness (QED) is 0.307. The lowest BCUT2D eigenvalue weighted by molar-refractivity contribution is -0.000550. The average molecular weight is 570 g/mol. The molecule has 0 amide bonds. The number of aromatic nitrogens is 4. The van der Waals surface area contributed by atoms with Crippen molar-refractivity contribution in [2.24, 2.45) is 0 Å². The number of ether oxygens (including phenoxy) is 2. The molecular formula is C27H33F2N9O3. The molecule has 1 aromatic carbocycles. The van der Waals surface area contributed by atoms with Crippen LogP contribution >= 0.6 is 0 Å². The lowest BCUT2D eigenvalue weighted by atomic mass is 10.2. The molecule has 4 aromatic rings. The predicted octanol–water partition coefficient (Wildman–Crippen LogP) is 1.87. The van der Waals surface area contributed by atoms with Crippen molar-refractivity contribution < 1.29 is 22.7 Å². The SMILES string of the molecule is CN(CCN1CCN(c2cc(OCC3CNCCO3)c(F)cc2F)CC1)c1nc(N)n2nc(-c3ccco3)cc2n1. The zero-order chi connectivity index (χ0) is 28.3. The van der Waals surface area contributed by atoms with Crippen molar-refractivity contribution in [3.63, 3.8) is 0 Å². The highest BCUT2D eigenvalue weighted by Gasteiger charge is 2.23. The van der Waals surface area contributed by atoms with Crippen molar-refractivity contribution in [1.82, 2.24) is 29.8 Å². The van der Waals surface area contributed by atoms with Gasteiger partial charge in [-0.1, -0.05) is 0 Å². The second kappa shape index (κ2) is 11.8. The van der Waals surface area contributed by atoms with Crippen LogP contribution in [0.25, 0.3) is 17.1 Å². The fraction of sp³-hybridized carbons (Fsp3) is 0.444. The summed E-state index contributed by atoms with van der Waals surface area (Å²) in [6.45, 7) is 6.26. The maximum absolute atomic E-state index is 14.7. The Balaban J connectivity index is 1.03. The van der Waals surface area contributed by atoms with E-state index in [0.717, 1.165) is 32.2 Å². The van der Waals surface area contributed by atoms with Gasteiger partial charge in [-0.3, -0.25) is 4.90 Å².